The molecule has 0 spiro atoms. The smallest absolute Gasteiger partial charge is 0.325 e. The van der Waals surface area contributed by atoms with Crippen LogP contribution in [0.4, 0.5) is 4.79 Å². The van der Waals surface area contributed by atoms with Crippen LogP contribution in [0.1, 0.15) is 69.7 Å². The molecule has 1 N–H and O–H groups in total. The number of hydrogen-bond acceptors (Lipinski definition) is 5. The zero-order valence-electron chi connectivity index (χ0n) is 19.4. The molecule has 2 aliphatic heterocycles. The van der Waals surface area contributed by atoms with E-state index in [0.29, 0.717) is 29.3 Å². The lowest BCUT2D eigenvalue weighted by Gasteiger charge is -2.23. The Balaban J connectivity index is 1.51. The molecule has 1 aromatic heterocycles. The fourth-order valence-electron chi connectivity index (χ4n) is 4.43. The van der Waals surface area contributed by atoms with Crippen LogP contribution in [0, 0.1) is 0 Å². The van der Waals surface area contributed by atoms with Crippen LogP contribution in [-0.4, -0.2) is 45.5 Å². The fraction of sp³-hybridized carbons (Fsp3) is 0.440. The Bertz CT molecular complexity index is 1080. The molecule has 2 aliphatic rings. The van der Waals surface area contributed by atoms with E-state index >= 15 is 0 Å². The van der Waals surface area contributed by atoms with Gasteiger partial charge in [-0.3, -0.25) is 14.5 Å². The van der Waals surface area contributed by atoms with Crippen molar-refractivity contribution in [2.45, 2.75) is 64.0 Å². The lowest BCUT2D eigenvalue weighted by molar-refractivity contribution is -0.140. The van der Waals surface area contributed by atoms with Crippen molar-refractivity contribution < 1.29 is 18.8 Å². The second-order valence-electron chi connectivity index (χ2n) is 8.99. The van der Waals surface area contributed by atoms with Gasteiger partial charge in [0.2, 0.25) is 0 Å². The third-order valence-corrected chi connectivity index (χ3v) is 6.64. The number of hydrazone groups is 1. The zero-order chi connectivity index (χ0) is 24.3. The fourth-order valence-corrected chi connectivity index (χ4v) is 4.56. The minimum absolute atomic E-state index is 0.377. The number of nitrogens with zero attached hydrogens (tertiary/aromatic N) is 3. The number of amides is 4. The van der Waals surface area contributed by atoms with Crippen LogP contribution in [0.2, 0.25) is 5.02 Å². The van der Waals surface area contributed by atoms with Gasteiger partial charge in [-0.15, -0.1) is 0 Å². The molecule has 2 aromatic rings. The molecule has 0 saturated carbocycles. The number of hydrogen-bond donors (Lipinski definition) is 1. The first-order valence-electron chi connectivity index (χ1n) is 11.7. The molecule has 9 heteroatoms. The second-order valence-corrected chi connectivity index (χ2v) is 9.43. The number of unbranched alkanes of at least 4 members (excludes halogenated alkanes) is 3. The van der Waals surface area contributed by atoms with E-state index in [1.54, 1.807) is 37.5 Å². The van der Waals surface area contributed by atoms with Crippen LogP contribution in [0.15, 0.2) is 52.2 Å². The first-order valence-corrected chi connectivity index (χ1v) is 12.0. The van der Waals surface area contributed by atoms with Crippen molar-refractivity contribution in [3.8, 4) is 0 Å². The van der Waals surface area contributed by atoms with Crippen molar-refractivity contribution in [1.29, 1.82) is 0 Å². The standard InChI is InChI=1S/C25H29ClN4O4/c1-3-4-5-6-13-25(2)23(32)29(24(33)27-25)16-22(31)30-20(21-8-7-14-34-21)15-19(28-30)17-9-11-18(26)12-10-17/h7-12,14,20H,3-6,13,15-16H2,1-2H3,(H,27,33)/t20-,25-/m0/s1. The summed E-state index contributed by atoms with van der Waals surface area (Å²) in [5, 5.41) is 9.26. The molecule has 1 aromatic carbocycles. The maximum atomic E-state index is 13.3. The maximum absolute atomic E-state index is 13.3. The zero-order valence-corrected chi connectivity index (χ0v) is 20.2. The Labute approximate surface area is 203 Å². The summed E-state index contributed by atoms with van der Waals surface area (Å²) in [5.74, 6) is -0.249. The third kappa shape index (κ3) is 4.87. The molecule has 4 amide bonds. The van der Waals surface area contributed by atoms with E-state index in [0.717, 1.165) is 36.1 Å². The Morgan fingerprint density at radius 2 is 1.97 bits per heavy atom. The monoisotopic (exact) mass is 484 g/mol. The molecule has 0 unspecified atom stereocenters. The van der Waals surface area contributed by atoms with E-state index in [9.17, 15) is 14.4 Å². The van der Waals surface area contributed by atoms with Crippen LogP contribution in [0.5, 0.6) is 0 Å². The average molecular weight is 485 g/mol. The van der Waals surface area contributed by atoms with E-state index in [1.165, 1.54) is 5.01 Å². The Hall–Kier alpha value is -3.13. The van der Waals surface area contributed by atoms with Crippen molar-refractivity contribution in [2.24, 2.45) is 5.10 Å². The van der Waals surface area contributed by atoms with Crippen molar-refractivity contribution in [3.05, 3.63) is 59.0 Å². The number of nitrogens with one attached hydrogen (secondary N) is 1. The van der Waals surface area contributed by atoms with Crippen molar-refractivity contribution in [3.63, 3.8) is 0 Å². The van der Waals surface area contributed by atoms with Gasteiger partial charge in [-0.25, -0.2) is 9.80 Å². The molecule has 3 heterocycles. The highest BCUT2D eigenvalue weighted by molar-refractivity contribution is 6.30. The van der Waals surface area contributed by atoms with Crippen LogP contribution < -0.4 is 5.32 Å². The van der Waals surface area contributed by atoms with Gasteiger partial charge < -0.3 is 9.73 Å². The van der Waals surface area contributed by atoms with Gasteiger partial charge in [0.15, 0.2) is 0 Å². The van der Waals surface area contributed by atoms with Gasteiger partial charge in [-0.2, -0.15) is 5.10 Å². The predicted octanol–water partition coefficient (Wildman–Crippen LogP) is 4.89. The lowest BCUT2D eigenvalue weighted by atomic mass is 9.94. The van der Waals surface area contributed by atoms with Gasteiger partial charge in [0.25, 0.3) is 11.8 Å². The second kappa shape index (κ2) is 10.0. The quantitative estimate of drug-likeness (QED) is 0.405. The number of imide groups is 1. The van der Waals surface area contributed by atoms with E-state index < -0.39 is 23.5 Å². The highest BCUT2D eigenvalue weighted by atomic mass is 35.5. The van der Waals surface area contributed by atoms with Crippen LogP contribution in [0.25, 0.3) is 0 Å². The minimum Gasteiger partial charge on any atom is -0.467 e. The van der Waals surface area contributed by atoms with Gasteiger partial charge in [0.05, 0.1) is 12.0 Å². The third-order valence-electron chi connectivity index (χ3n) is 6.38. The number of furan rings is 1. The summed E-state index contributed by atoms with van der Waals surface area (Å²) in [5.41, 5.74) is 0.545. The predicted molar refractivity (Wildman–Crippen MR) is 128 cm³/mol. The number of carbonyl (C=O) groups is 3. The summed E-state index contributed by atoms with van der Waals surface area (Å²) in [6, 6.07) is 9.74. The summed E-state index contributed by atoms with van der Waals surface area (Å²) in [7, 11) is 0. The normalized spacial score (nSPS) is 22.3. The molecule has 1 saturated heterocycles. The highest BCUT2D eigenvalue weighted by Gasteiger charge is 2.48. The molecule has 180 valence electrons. The molecule has 34 heavy (non-hydrogen) atoms. The van der Waals surface area contributed by atoms with E-state index in [4.69, 9.17) is 16.0 Å². The summed E-state index contributed by atoms with van der Waals surface area (Å²) >= 11 is 6.01. The van der Waals surface area contributed by atoms with E-state index in [1.807, 2.05) is 12.1 Å². The molecule has 8 nitrogen and oxygen atoms in total. The molecular weight excluding hydrogens is 456 g/mol. The lowest BCUT2D eigenvalue weighted by Crippen LogP contribution is -2.45. The Morgan fingerprint density at radius 1 is 1.21 bits per heavy atom. The number of benzene rings is 1. The number of rotatable bonds is 9. The number of carbonyl (C=O) groups excluding carboxylic acids is 3. The van der Waals surface area contributed by atoms with Crippen molar-refractivity contribution in [2.75, 3.05) is 6.54 Å². The van der Waals surface area contributed by atoms with Gasteiger partial charge in [0.1, 0.15) is 23.9 Å². The first kappa shape index (κ1) is 24.0. The van der Waals surface area contributed by atoms with Gasteiger partial charge in [-0.1, -0.05) is 56.3 Å². The van der Waals surface area contributed by atoms with Crippen molar-refractivity contribution >= 4 is 35.2 Å². The topological polar surface area (TPSA) is 95.2 Å². The molecule has 0 bridgehead atoms. The van der Waals surface area contributed by atoms with Crippen LogP contribution in [0.3, 0.4) is 0 Å². The largest absolute Gasteiger partial charge is 0.467 e. The van der Waals surface area contributed by atoms with Gasteiger partial charge in [0, 0.05) is 11.4 Å². The first-order chi connectivity index (χ1) is 16.3. The SMILES string of the molecule is CCCCCC[C@]1(C)NC(=O)N(CC(=O)N2N=C(c3ccc(Cl)cc3)C[C@H]2c2ccco2)C1=O. The van der Waals surface area contributed by atoms with E-state index in [-0.39, 0.29) is 12.5 Å². The van der Waals surface area contributed by atoms with Crippen LogP contribution in [-0.2, 0) is 9.59 Å². The number of urea groups is 1. The van der Waals surface area contributed by atoms with Crippen LogP contribution >= 0.6 is 11.6 Å². The number of halogens is 1. The van der Waals surface area contributed by atoms with Gasteiger partial charge in [-0.05, 0) is 43.2 Å². The van der Waals surface area contributed by atoms with Crippen molar-refractivity contribution in [1.82, 2.24) is 15.2 Å². The summed E-state index contributed by atoms with van der Waals surface area (Å²) < 4.78 is 5.56. The van der Waals surface area contributed by atoms with Gasteiger partial charge >= 0.3 is 6.03 Å². The maximum Gasteiger partial charge on any atom is 0.325 e. The Morgan fingerprint density at radius 3 is 2.65 bits per heavy atom. The summed E-state index contributed by atoms with van der Waals surface area (Å²) in [6.07, 6.45) is 6.52. The molecule has 1 fully saturated rings. The molecule has 0 aliphatic carbocycles. The molecule has 0 radical (unpaired) electrons. The Kier molecular flexibility index (Phi) is 7.07. The average Bonchev–Trinajstić information content (AvgIpc) is 3.54. The summed E-state index contributed by atoms with van der Waals surface area (Å²) in [4.78, 5) is 40.0. The molecule has 4 rings (SSSR count). The molecular formula is C25H29ClN4O4. The van der Waals surface area contributed by atoms with E-state index in [2.05, 4.69) is 17.3 Å². The highest BCUT2D eigenvalue weighted by Crippen LogP contribution is 2.34. The minimum atomic E-state index is -0.992. The molecule has 2 atom stereocenters. The summed E-state index contributed by atoms with van der Waals surface area (Å²) in [6.45, 7) is 3.46.